The topological polar surface area (TPSA) is 79.7 Å². The number of halogens is 1. The Bertz CT molecular complexity index is 1610. The lowest BCUT2D eigenvalue weighted by Crippen LogP contribution is -2.29. The lowest BCUT2D eigenvalue weighted by Gasteiger charge is -2.23. The van der Waals surface area contributed by atoms with Crippen molar-refractivity contribution >= 4 is 55.7 Å². The van der Waals surface area contributed by atoms with Crippen molar-refractivity contribution in [3.8, 4) is 5.75 Å². The van der Waals surface area contributed by atoms with Crippen LogP contribution in [0.3, 0.4) is 0 Å². The molecule has 0 aliphatic carbocycles. The molecule has 37 heavy (non-hydrogen) atoms. The first-order valence-electron chi connectivity index (χ1n) is 12.1. The van der Waals surface area contributed by atoms with E-state index in [1.54, 1.807) is 30.3 Å². The van der Waals surface area contributed by atoms with E-state index in [2.05, 4.69) is 11.9 Å². The SMILES string of the molecule is CCc1ccc([C@@H]2C(=C(O)c3ccc4c(c3)C[C@H](C)O4)C(=O)C(=O)N2c2nc3ccc(Cl)cc3s2)cc1. The fraction of sp³-hybridized carbons (Fsp3) is 0.207. The van der Waals surface area contributed by atoms with Crippen LogP contribution in [-0.4, -0.2) is 27.9 Å². The van der Waals surface area contributed by atoms with Crippen molar-refractivity contribution in [3.63, 3.8) is 0 Å². The monoisotopic (exact) mass is 530 g/mol. The third kappa shape index (κ3) is 3.99. The Morgan fingerprint density at radius 1 is 1.14 bits per heavy atom. The van der Waals surface area contributed by atoms with E-state index in [0.717, 1.165) is 28.0 Å². The lowest BCUT2D eigenvalue weighted by atomic mass is 9.94. The summed E-state index contributed by atoms with van der Waals surface area (Å²) in [5.74, 6) is -0.917. The van der Waals surface area contributed by atoms with E-state index in [1.165, 1.54) is 16.2 Å². The molecule has 2 atom stereocenters. The van der Waals surface area contributed by atoms with Crippen LogP contribution in [0, 0.1) is 0 Å². The van der Waals surface area contributed by atoms with Crippen LogP contribution in [0.25, 0.3) is 16.0 Å². The molecule has 1 N–H and O–H groups in total. The summed E-state index contributed by atoms with van der Waals surface area (Å²) in [7, 11) is 0. The quantitative estimate of drug-likeness (QED) is 0.186. The zero-order valence-electron chi connectivity index (χ0n) is 20.2. The molecule has 0 saturated carbocycles. The number of benzene rings is 3. The first-order valence-corrected chi connectivity index (χ1v) is 13.3. The van der Waals surface area contributed by atoms with Crippen LogP contribution in [0.2, 0.25) is 5.02 Å². The fourth-order valence-electron chi connectivity index (χ4n) is 5.00. The zero-order chi connectivity index (χ0) is 25.8. The highest BCUT2D eigenvalue weighted by atomic mass is 35.5. The molecule has 1 fully saturated rings. The van der Waals surface area contributed by atoms with Crippen molar-refractivity contribution in [1.29, 1.82) is 0 Å². The molecular formula is C29H23ClN2O4S. The van der Waals surface area contributed by atoms with Crippen molar-refractivity contribution in [2.45, 2.75) is 38.8 Å². The maximum atomic E-state index is 13.5. The second-order valence-corrected chi connectivity index (χ2v) is 10.8. The lowest BCUT2D eigenvalue weighted by molar-refractivity contribution is -0.132. The van der Waals surface area contributed by atoms with Gasteiger partial charge in [0, 0.05) is 17.0 Å². The van der Waals surface area contributed by atoms with Crippen LogP contribution in [0.4, 0.5) is 5.13 Å². The third-order valence-corrected chi connectivity index (χ3v) is 8.12. The highest BCUT2D eigenvalue weighted by Crippen LogP contribution is 2.45. The molecule has 1 amide bonds. The number of anilines is 1. The minimum Gasteiger partial charge on any atom is -0.507 e. The van der Waals surface area contributed by atoms with Gasteiger partial charge in [-0.2, -0.15) is 0 Å². The van der Waals surface area contributed by atoms with Crippen LogP contribution in [0.5, 0.6) is 5.75 Å². The summed E-state index contributed by atoms with van der Waals surface area (Å²) in [6, 6.07) is 17.6. The number of hydrogen-bond acceptors (Lipinski definition) is 6. The fourth-order valence-corrected chi connectivity index (χ4v) is 6.26. The maximum absolute atomic E-state index is 13.5. The summed E-state index contributed by atoms with van der Waals surface area (Å²) in [5, 5.41) is 12.4. The van der Waals surface area contributed by atoms with E-state index < -0.39 is 17.7 Å². The predicted molar refractivity (Wildman–Crippen MR) is 145 cm³/mol. The van der Waals surface area contributed by atoms with Crippen molar-refractivity contribution in [3.05, 3.63) is 93.5 Å². The number of carbonyl (C=O) groups is 2. The molecule has 6 rings (SSSR count). The van der Waals surface area contributed by atoms with Gasteiger partial charge in [0.25, 0.3) is 5.78 Å². The first kappa shape index (κ1) is 23.7. The normalized spacial score (nSPS) is 20.5. The Labute approximate surface area is 222 Å². The second-order valence-electron chi connectivity index (χ2n) is 9.33. The summed E-state index contributed by atoms with van der Waals surface area (Å²) >= 11 is 7.45. The van der Waals surface area contributed by atoms with E-state index >= 15 is 0 Å². The Balaban J connectivity index is 1.53. The number of hydrogen-bond donors (Lipinski definition) is 1. The molecule has 0 unspecified atom stereocenters. The number of aliphatic hydroxyl groups excluding tert-OH is 1. The van der Waals surface area contributed by atoms with E-state index in [0.29, 0.717) is 33.2 Å². The number of ether oxygens (including phenoxy) is 1. The number of thiazole rings is 1. The van der Waals surface area contributed by atoms with Gasteiger partial charge in [0.1, 0.15) is 17.6 Å². The zero-order valence-corrected chi connectivity index (χ0v) is 21.8. The number of aliphatic hydroxyl groups is 1. The molecule has 8 heteroatoms. The molecule has 6 nitrogen and oxygen atoms in total. The standard InChI is InChI=1S/C29H23ClN2O4S/c1-3-16-4-6-17(7-5-16)25-24(26(33)18-8-11-22-19(13-18)12-15(2)36-22)27(34)28(35)32(25)29-31-21-10-9-20(30)14-23(21)37-29/h4-11,13-15,25,33H,3,12H2,1-2H3/t15-,25+/m0/s1. The summed E-state index contributed by atoms with van der Waals surface area (Å²) in [6.45, 7) is 4.04. The van der Waals surface area contributed by atoms with Gasteiger partial charge in [-0.05, 0) is 66.4 Å². The van der Waals surface area contributed by atoms with Crippen molar-refractivity contribution in [2.75, 3.05) is 4.90 Å². The highest BCUT2D eigenvalue weighted by molar-refractivity contribution is 7.22. The summed E-state index contributed by atoms with van der Waals surface area (Å²) in [5.41, 5.74) is 3.99. The molecule has 2 aliphatic heterocycles. The molecular weight excluding hydrogens is 508 g/mol. The van der Waals surface area contributed by atoms with Crippen molar-refractivity contribution < 1.29 is 19.4 Å². The van der Waals surface area contributed by atoms with Gasteiger partial charge in [-0.1, -0.05) is 54.1 Å². The number of fused-ring (bicyclic) bond motifs is 2. The maximum Gasteiger partial charge on any atom is 0.301 e. The van der Waals surface area contributed by atoms with Gasteiger partial charge in [0.05, 0.1) is 21.8 Å². The minimum absolute atomic E-state index is 0.0402. The van der Waals surface area contributed by atoms with Crippen molar-refractivity contribution in [2.24, 2.45) is 0 Å². The number of aryl methyl sites for hydroxylation is 1. The van der Waals surface area contributed by atoms with Gasteiger partial charge in [-0.15, -0.1) is 0 Å². The number of ketones is 1. The van der Waals surface area contributed by atoms with Crippen LogP contribution in [-0.2, 0) is 22.4 Å². The van der Waals surface area contributed by atoms with Crippen LogP contribution >= 0.6 is 22.9 Å². The smallest absolute Gasteiger partial charge is 0.301 e. The van der Waals surface area contributed by atoms with E-state index in [1.807, 2.05) is 37.3 Å². The third-order valence-electron chi connectivity index (χ3n) is 6.86. The number of nitrogens with zero attached hydrogens (tertiary/aromatic N) is 2. The number of aromatic nitrogens is 1. The summed E-state index contributed by atoms with van der Waals surface area (Å²) in [4.78, 5) is 33.0. The molecule has 0 radical (unpaired) electrons. The van der Waals surface area contributed by atoms with E-state index in [4.69, 9.17) is 16.3 Å². The molecule has 3 heterocycles. The largest absolute Gasteiger partial charge is 0.507 e. The van der Waals surface area contributed by atoms with E-state index in [-0.39, 0.29) is 17.4 Å². The first-order chi connectivity index (χ1) is 17.8. The predicted octanol–water partition coefficient (Wildman–Crippen LogP) is 6.46. The van der Waals surface area contributed by atoms with Gasteiger partial charge in [0.2, 0.25) is 0 Å². The second kappa shape index (κ2) is 9.01. The number of rotatable bonds is 4. The Morgan fingerprint density at radius 3 is 2.68 bits per heavy atom. The Morgan fingerprint density at radius 2 is 1.92 bits per heavy atom. The molecule has 1 saturated heterocycles. The molecule has 3 aromatic carbocycles. The van der Waals surface area contributed by atoms with Crippen LogP contribution in [0.15, 0.2) is 66.2 Å². The van der Waals surface area contributed by atoms with Gasteiger partial charge in [-0.3, -0.25) is 14.5 Å². The minimum atomic E-state index is -0.828. The van der Waals surface area contributed by atoms with Crippen LogP contribution in [0.1, 0.15) is 42.1 Å². The highest BCUT2D eigenvalue weighted by Gasteiger charge is 2.48. The van der Waals surface area contributed by atoms with Crippen molar-refractivity contribution in [1.82, 2.24) is 4.98 Å². The molecule has 0 bridgehead atoms. The molecule has 0 spiro atoms. The molecule has 2 aliphatic rings. The average Bonchev–Trinajstić information content (AvgIpc) is 3.55. The van der Waals surface area contributed by atoms with Gasteiger partial charge < -0.3 is 9.84 Å². The molecule has 4 aromatic rings. The number of amides is 1. The van der Waals surface area contributed by atoms with Gasteiger partial charge >= 0.3 is 5.91 Å². The van der Waals surface area contributed by atoms with Gasteiger partial charge in [-0.25, -0.2) is 4.98 Å². The molecule has 1 aromatic heterocycles. The number of carbonyl (C=O) groups excluding carboxylic acids is 2. The summed E-state index contributed by atoms with van der Waals surface area (Å²) < 4.78 is 6.59. The summed E-state index contributed by atoms with van der Waals surface area (Å²) in [6.07, 6.45) is 1.61. The number of Topliss-reactive ketones (excluding diaryl/α,β-unsaturated/α-hetero) is 1. The molecule has 186 valence electrons. The Kier molecular flexibility index (Phi) is 5.77. The average molecular weight is 531 g/mol. The van der Waals surface area contributed by atoms with E-state index in [9.17, 15) is 14.7 Å². The Hall–Kier alpha value is -3.68. The van der Waals surface area contributed by atoms with Crippen LogP contribution < -0.4 is 9.64 Å². The van der Waals surface area contributed by atoms with Gasteiger partial charge in [0.15, 0.2) is 5.13 Å².